The van der Waals surface area contributed by atoms with Crippen molar-refractivity contribution in [2.45, 2.75) is 38.1 Å². The van der Waals surface area contributed by atoms with Crippen molar-refractivity contribution in [3.05, 3.63) is 35.0 Å². The molecule has 1 aromatic heterocycles. The Morgan fingerprint density at radius 3 is 2.64 bits per heavy atom. The van der Waals surface area contributed by atoms with Gasteiger partial charge in [0.25, 0.3) is 0 Å². The summed E-state index contributed by atoms with van der Waals surface area (Å²) in [5.74, 6) is 1.56. The first-order valence-corrected chi connectivity index (χ1v) is 9.10. The summed E-state index contributed by atoms with van der Waals surface area (Å²) in [6.07, 6.45) is 5.31. The van der Waals surface area contributed by atoms with Gasteiger partial charge in [-0.25, -0.2) is 4.98 Å². The highest BCUT2D eigenvalue weighted by molar-refractivity contribution is 5.85. The monoisotopic (exact) mass is 421 g/mol. The molecule has 0 saturated carbocycles. The van der Waals surface area contributed by atoms with Crippen LogP contribution >= 0.6 is 24.8 Å². The number of nitrogens with one attached hydrogen (secondary N) is 1. The van der Waals surface area contributed by atoms with Crippen LogP contribution in [-0.2, 0) is 12.8 Å². The molecule has 2 heterocycles. The van der Waals surface area contributed by atoms with Gasteiger partial charge in [0.2, 0.25) is 5.95 Å². The van der Waals surface area contributed by atoms with E-state index in [1.54, 1.807) is 18.2 Å². The van der Waals surface area contributed by atoms with Crippen LogP contribution in [0.15, 0.2) is 18.2 Å². The summed E-state index contributed by atoms with van der Waals surface area (Å²) in [7, 11) is 0. The van der Waals surface area contributed by atoms with E-state index in [0.29, 0.717) is 17.2 Å². The molecular weight excluding hydrogens is 397 g/mol. The molecule has 2 aliphatic rings. The van der Waals surface area contributed by atoms with Gasteiger partial charge in [0.15, 0.2) is 0 Å². The third kappa shape index (κ3) is 4.58. The van der Waals surface area contributed by atoms with E-state index in [-0.39, 0.29) is 30.9 Å². The Balaban J connectivity index is 0.00000140. The first-order chi connectivity index (χ1) is 12.6. The van der Waals surface area contributed by atoms with Crippen molar-refractivity contribution >= 4 is 48.0 Å². The van der Waals surface area contributed by atoms with Gasteiger partial charge in [-0.2, -0.15) is 10.2 Å². The molecule has 0 amide bonds. The molecule has 1 aliphatic carbocycles. The summed E-state index contributed by atoms with van der Waals surface area (Å²) < 4.78 is 0. The number of nitrogen functional groups attached to an aromatic ring is 1. The molecule has 7 nitrogen and oxygen atoms in total. The summed E-state index contributed by atoms with van der Waals surface area (Å²) in [6.45, 7) is 1.76. The average molecular weight is 422 g/mol. The quantitative estimate of drug-likeness (QED) is 0.651. The molecule has 0 unspecified atom stereocenters. The minimum Gasteiger partial charge on any atom is -0.399 e. The van der Waals surface area contributed by atoms with E-state index in [4.69, 9.17) is 26.7 Å². The molecule has 1 fully saturated rings. The lowest BCUT2D eigenvalue weighted by Crippen LogP contribution is -2.29. The molecule has 4 rings (SSSR count). The average Bonchev–Trinajstić information content (AvgIpc) is 3.06. The highest BCUT2D eigenvalue weighted by atomic mass is 35.5. The molecule has 150 valence electrons. The molecule has 0 bridgehead atoms. The number of halogens is 2. The van der Waals surface area contributed by atoms with Crippen molar-refractivity contribution in [3.63, 3.8) is 0 Å². The number of hydrogen-bond donors (Lipinski definition) is 3. The number of anilines is 4. The number of fused-ring (bicyclic) bond motifs is 1. The van der Waals surface area contributed by atoms with E-state index in [0.717, 1.165) is 56.0 Å². The van der Waals surface area contributed by atoms with Crippen molar-refractivity contribution in [1.29, 1.82) is 5.26 Å². The number of benzene rings is 1. The van der Waals surface area contributed by atoms with Crippen LogP contribution in [-0.4, -0.2) is 29.1 Å². The topological polar surface area (TPSA) is 117 Å². The highest BCUT2D eigenvalue weighted by Crippen LogP contribution is 2.31. The Morgan fingerprint density at radius 1 is 1.14 bits per heavy atom. The molecule has 1 saturated heterocycles. The minimum atomic E-state index is 0. The zero-order valence-corrected chi connectivity index (χ0v) is 17.2. The fraction of sp³-hybridized carbons (Fsp3) is 0.421. The fourth-order valence-electron chi connectivity index (χ4n) is 3.79. The lowest BCUT2D eigenvalue weighted by atomic mass is 9.96. The van der Waals surface area contributed by atoms with Crippen LogP contribution in [0.5, 0.6) is 0 Å². The van der Waals surface area contributed by atoms with Gasteiger partial charge in [0.1, 0.15) is 5.82 Å². The molecule has 1 aromatic carbocycles. The van der Waals surface area contributed by atoms with E-state index in [9.17, 15) is 0 Å². The summed E-state index contributed by atoms with van der Waals surface area (Å²) in [5.41, 5.74) is 16.1. The summed E-state index contributed by atoms with van der Waals surface area (Å²) in [5, 5.41) is 12.4. The smallest absolute Gasteiger partial charge is 0.229 e. The van der Waals surface area contributed by atoms with Gasteiger partial charge in [-0.3, -0.25) is 0 Å². The second kappa shape index (κ2) is 9.28. The molecule has 1 atom stereocenters. The molecule has 9 heteroatoms. The Labute approximate surface area is 177 Å². The number of nitrogens with zero attached hydrogens (tertiary/aromatic N) is 4. The molecule has 5 N–H and O–H groups in total. The third-order valence-electron chi connectivity index (χ3n) is 5.03. The van der Waals surface area contributed by atoms with Crippen LogP contribution in [0.4, 0.5) is 23.1 Å². The molecule has 0 spiro atoms. The Morgan fingerprint density at radius 2 is 1.93 bits per heavy atom. The molecule has 2 aromatic rings. The number of aryl methyl sites for hydroxylation is 1. The third-order valence-corrected chi connectivity index (χ3v) is 5.03. The summed E-state index contributed by atoms with van der Waals surface area (Å²) >= 11 is 0. The van der Waals surface area contributed by atoms with E-state index in [2.05, 4.69) is 16.3 Å². The molecule has 0 radical (unpaired) electrons. The van der Waals surface area contributed by atoms with Gasteiger partial charge in [0.05, 0.1) is 17.3 Å². The number of rotatable bonds is 3. The largest absolute Gasteiger partial charge is 0.399 e. The van der Waals surface area contributed by atoms with Gasteiger partial charge in [-0.15, -0.1) is 24.8 Å². The number of aromatic nitrogens is 2. The van der Waals surface area contributed by atoms with Crippen LogP contribution < -0.4 is 21.7 Å². The van der Waals surface area contributed by atoms with Crippen LogP contribution in [0, 0.1) is 11.3 Å². The van der Waals surface area contributed by atoms with Crippen molar-refractivity contribution in [3.8, 4) is 6.07 Å². The first kappa shape index (κ1) is 22.0. The van der Waals surface area contributed by atoms with Gasteiger partial charge in [-0.1, -0.05) is 0 Å². The number of hydrogen-bond acceptors (Lipinski definition) is 7. The Bertz CT molecular complexity index is 881. The van der Waals surface area contributed by atoms with Crippen LogP contribution in [0.25, 0.3) is 0 Å². The van der Waals surface area contributed by atoms with Crippen molar-refractivity contribution < 1.29 is 0 Å². The van der Waals surface area contributed by atoms with Crippen LogP contribution in [0.3, 0.4) is 0 Å². The first-order valence-electron chi connectivity index (χ1n) is 9.10. The van der Waals surface area contributed by atoms with Gasteiger partial charge in [-0.05, 0) is 50.3 Å². The van der Waals surface area contributed by atoms with Gasteiger partial charge in [0, 0.05) is 36.1 Å². The zero-order chi connectivity index (χ0) is 18.1. The predicted octanol–water partition coefficient (Wildman–Crippen LogP) is 2.93. The lowest BCUT2D eigenvalue weighted by Gasteiger charge is -2.25. The predicted molar refractivity (Wildman–Crippen MR) is 117 cm³/mol. The van der Waals surface area contributed by atoms with E-state index >= 15 is 0 Å². The normalized spacial score (nSPS) is 17.7. The molecule has 1 aliphatic heterocycles. The maximum absolute atomic E-state index is 9.14. The van der Waals surface area contributed by atoms with Crippen LogP contribution in [0.2, 0.25) is 0 Å². The SMILES string of the molecule is Cl.Cl.N#Cc1cc(N)cc(Nc2nc3c(c(N4CC[C@H](N)C4)n2)CCCC3)c1. The maximum atomic E-state index is 9.14. The zero-order valence-electron chi connectivity index (χ0n) is 15.5. The van der Waals surface area contributed by atoms with Gasteiger partial charge < -0.3 is 21.7 Å². The summed E-state index contributed by atoms with van der Waals surface area (Å²) in [6, 6.07) is 7.51. The highest BCUT2D eigenvalue weighted by Gasteiger charge is 2.26. The van der Waals surface area contributed by atoms with Crippen LogP contribution in [0.1, 0.15) is 36.1 Å². The van der Waals surface area contributed by atoms with E-state index < -0.39 is 0 Å². The number of nitriles is 1. The second-order valence-corrected chi connectivity index (χ2v) is 7.08. The second-order valence-electron chi connectivity index (χ2n) is 7.08. The van der Waals surface area contributed by atoms with E-state index in [1.165, 1.54) is 12.0 Å². The Hall–Kier alpha value is -2.27. The molecule has 28 heavy (non-hydrogen) atoms. The van der Waals surface area contributed by atoms with Crippen molar-refractivity contribution in [2.24, 2.45) is 5.73 Å². The van der Waals surface area contributed by atoms with Gasteiger partial charge >= 0.3 is 0 Å². The lowest BCUT2D eigenvalue weighted by molar-refractivity contribution is 0.659. The minimum absolute atomic E-state index is 0. The summed E-state index contributed by atoms with van der Waals surface area (Å²) in [4.78, 5) is 11.8. The Kier molecular flexibility index (Phi) is 7.30. The maximum Gasteiger partial charge on any atom is 0.229 e. The standard InChI is InChI=1S/C19H23N7.2ClH/c20-10-12-7-14(22)9-15(8-12)23-19-24-17-4-2-1-3-16(17)18(25-19)26-6-5-13(21)11-26;;/h7-9,13H,1-6,11,21-22H2,(H,23,24,25);2*1H/t13-;;/m0../s1. The van der Waals surface area contributed by atoms with Crippen molar-refractivity contribution in [2.75, 3.05) is 29.0 Å². The van der Waals surface area contributed by atoms with Crippen molar-refractivity contribution in [1.82, 2.24) is 9.97 Å². The fourth-order valence-corrected chi connectivity index (χ4v) is 3.79. The number of nitrogens with two attached hydrogens (primary N) is 2. The molecular formula is C19H25Cl2N7. The van der Waals surface area contributed by atoms with E-state index in [1.807, 2.05) is 0 Å².